The summed E-state index contributed by atoms with van der Waals surface area (Å²) in [6.45, 7) is 0. The van der Waals surface area contributed by atoms with E-state index >= 15 is 0 Å². The number of fused-ring (bicyclic) bond motifs is 3. The van der Waals surface area contributed by atoms with Crippen molar-refractivity contribution in [2.75, 3.05) is 7.11 Å². The summed E-state index contributed by atoms with van der Waals surface area (Å²) in [5, 5.41) is 2.57. The summed E-state index contributed by atoms with van der Waals surface area (Å²) in [5.74, 6) is 0.361. The van der Waals surface area contributed by atoms with Crippen molar-refractivity contribution in [3.05, 3.63) is 88.4 Å². The molecule has 0 radical (unpaired) electrons. The van der Waals surface area contributed by atoms with Crippen LogP contribution in [-0.4, -0.2) is 23.7 Å². The van der Waals surface area contributed by atoms with E-state index in [4.69, 9.17) is 4.74 Å². The van der Waals surface area contributed by atoms with Gasteiger partial charge in [0.15, 0.2) is 11.6 Å². The fourth-order valence-corrected chi connectivity index (χ4v) is 6.15. The Hall–Kier alpha value is -3.61. The Morgan fingerprint density at radius 1 is 0.844 bits per heavy atom. The lowest BCUT2D eigenvalue weighted by atomic mass is 10.0. The highest BCUT2D eigenvalue weighted by atomic mass is 32.1. The van der Waals surface area contributed by atoms with Gasteiger partial charge in [0.2, 0.25) is 0 Å². The van der Waals surface area contributed by atoms with E-state index in [1.807, 2.05) is 60.7 Å². The van der Waals surface area contributed by atoms with Crippen molar-refractivity contribution in [1.29, 1.82) is 0 Å². The number of ketones is 2. The summed E-state index contributed by atoms with van der Waals surface area (Å²) >= 11 is 3.08. The fraction of sp³-hybridized carbons (Fsp3) is 0.0385. The van der Waals surface area contributed by atoms with Gasteiger partial charge in [-0.05, 0) is 64.9 Å². The third-order valence-corrected chi connectivity index (χ3v) is 7.77. The molecule has 154 valence electrons. The minimum Gasteiger partial charge on any atom is -0.497 e. The molecule has 0 atom stereocenters. The zero-order valence-corrected chi connectivity index (χ0v) is 18.5. The second kappa shape index (κ2) is 7.22. The van der Waals surface area contributed by atoms with Crippen LogP contribution < -0.4 is 4.74 Å². The third kappa shape index (κ3) is 2.99. The Kier molecular flexibility index (Phi) is 4.31. The van der Waals surface area contributed by atoms with Gasteiger partial charge >= 0.3 is 0 Å². The Morgan fingerprint density at radius 2 is 1.50 bits per heavy atom. The number of benzene rings is 3. The molecule has 0 saturated carbocycles. The van der Waals surface area contributed by atoms with Crippen molar-refractivity contribution in [2.45, 2.75) is 0 Å². The second-order valence-corrected chi connectivity index (χ2v) is 9.61. The molecule has 3 aromatic carbocycles. The fourth-order valence-electron chi connectivity index (χ4n) is 3.97. The van der Waals surface area contributed by atoms with Gasteiger partial charge in [-0.2, -0.15) is 0 Å². The molecule has 2 heterocycles. The normalized spacial score (nSPS) is 13.2. The number of carbonyl (C=O) groups is 2. The topological polar surface area (TPSA) is 56.3 Å². The van der Waals surface area contributed by atoms with E-state index in [9.17, 15) is 9.59 Å². The molecule has 6 heteroatoms. The number of hydrogen-bond acceptors (Lipinski definition) is 6. The molecule has 0 bridgehead atoms. The van der Waals surface area contributed by atoms with E-state index < -0.39 is 0 Å². The lowest BCUT2D eigenvalue weighted by Gasteiger charge is -2.00. The molecule has 0 unspecified atom stereocenters. The van der Waals surface area contributed by atoms with E-state index in [1.54, 1.807) is 24.5 Å². The lowest BCUT2D eigenvalue weighted by Crippen LogP contribution is -1.99. The first-order valence-corrected chi connectivity index (χ1v) is 11.6. The third-order valence-electron chi connectivity index (χ3n) is 5.61. The van der Waals surface area contributed by atoms with Crippen molar-refractivity contribution in [3.63, 3.8) is 0 Å². The predicted octanol–water partition coefficient (Wildman–Crippen LogP) is 6.65. The van der Waals surface area contributed by atoms with Crippen molar-refractivity contribution >= 4 is 60.6 Å². The van der Waals surface area contributed by atoms with Gasteiger partial charge in [-0.3, -0.25) is 9.59 Å². The monoisotopic (exact) mass is 453 g/mol. The van der Waals surface area contributed by atoms with Crippen LogP contribution in [0.1, 0.15) is 25.7 Å². The van der Waals surface area contributed by atoms with Gasteiger partial charge < -0.3 is 4.74 Å². The van der Waals surface area contributed by atoms with E-state index in [0.717, 1.165) is 36.5 Å². The van der Waals surface area contributed by atoms with Crippen LogP contribution in [0.15, 0.2) is 72.3 Å². The zero-order valence-electron chi connectivity index (χ0n) is 16.9. The number of thiophene rings is 1. The molecule has 0 aliphatic heterocycles. The molecule has 5 aromatic rings. The van der Waals surface area contributed by atoms with Crippen LogP contribution in [0.3, 0.4) is 0 Å². The molecule has 0 amide bonds. The average Bonchev–Trinajstić information content (AvgIpc) is 3.45. The van der Waals surface area contributed by atoms with Gasteiger partial charge in [0.25, 0.3) is 0 Å². The second-order valence-electron chi connectivity index (χ2n) is 7.52. The minimum atomic E-state index is -0.228. The highest BCUT2D eigenvalue weighted by molar-refractivity contribution is 7.29. The number of nitrogens with zero attached hydrogens (tertiary/aromatic N) is 1. The summed E-state index contributed by atoms with van der Waals surface area (Å²) in [6.07, 6.45) is 1.64. The minimum absolute atomic E-state index is 0.187. The Labute approximate surface area is 191 Å². The maximum absolute atomic E-state index is 13.0. The van der Waals surface area contributed by atoms with Gasteiger partial charge in [-0.1, -0.05) is 24.3 Å². The van der Waals surface area contributed by atoms with E-state index in [0.29, 0.717) is 16.1 Å². The smallest absolute Gasteiger partial charge is 0.197 e. The zero-order chi connectivity index (χ0) is 21.8. The molecule has 0 N–H and O–H groups in total. The summed E-state index contributed by atoms with van der Waals surface area (Å²) in [7, 11) is 1.65. The summed E-state index contributed by atoms with van der Waals surface area (Å²) < 4.78 is 6.26. The van der Waals surface area contributed by atoms with Gasteiger partial charge in [0, 0.05) is 16.0 Å². The number of aromatic nitrogens is 1. The molecule has 2 aromatic heterocycles. The van der Waals surface area contributed by atoms with Crippen LogP contribution in [0.2, 0.25) is 0 Å². The van der Waals surface area contributed by atoms with Gasteiger partial charge in [0.1, 0.15) is 15.6 Å². The maximum atomic E-state index is 13.0. The summed E-state index contributed by atoms with van der Waals surface area (Å²) in [6, 6.07) is 21.4. The van der Waals surface area contributed by atoms with Crippen molar-refractivity contribution < 1.29 is 14.3 Å². The Balaban J connectivity index is 1.35. The lowest BCUT2D eigenvalue weighted by molar-refractivity contribution is 0.0990. The van der Waals surface area contributed by atoms with Crippen LogP contribution in [0, 0.1) is 0 Å². The molecule has 0 fully saturated rings. The Morgan fingerprint density at radius 3 is 2.09 bits per heavy atom. The molecule has 1 aliphatic rings. The number of rotatable bonds is 3. The van der Waals surface area contributed by atoms with Crippen LogP contribution in [-0.2, 0) is 0 Å². The van der Waals surface area contributed by atoms with E-state index in [-0.39, 0.29) is 17.1 Å². The molecular weight excluding hydrogens is 438 g/mol. The van der Waals surface area contributed by atoms with Crippen molar-refractivity contribution in [1.82, 2.24) is 4.98 Å². The number of carbonyl (C=O) groups excluding carboxylic acids is 2. The highest BCUT2D eigenvalue weighted by Crippen LogP contribution is 2.38. The van der Waals surface area contributed by atoms with Crippen LogP contribution in [0.5, 0.6) is 5.75 Å². The number of allylic oxidation sites excluding steroid dienone is 1. The molecular formula is C26H15NO3S2. The number of hydrogen-bond donors (Lipinski definition) is 0. The predicted molar refractivity (Wildman–Crippen MR) is 130 cm³/mol. The largest absolute Gasteiger partial charge is 0.497 e. The molecule has 1 aliphatic carbocycles. The molecule has 0 saturated heterocycles. The molecule has 4 nitrogen and oxygen atoms in total. The van der Waals surface area contributed by atoms with Gasteiger partial charge in [-0.15, -0.1) is 22.7 Å². The van der Waals surface area contributed by atoms with Gasteiger partial charge in [0.05, 0.1) is 17.4 Å². The number of methoxy groups -OCH3 is 1. The quantitative estimate of drug-likeness (QED) is 0.227. The molecule has 6 rings (SSSR count). The Bertz CT molecular complexity index is 1500. The summed E-state index contributed by atoms with van der Waals surface area (Å²) in [5.41, 5.74) is 2.23. The standard InChI is InChI=1S/C26H15NO3S2/c1-30-17-8-6-14(7-9-17)21-13-22-26(32-21)27-23(31-22)12-20-24(28)18-10-15-4-2-3-5-16(15)11-19(18)25(20)29/h2-13H,1H3. The highest BCUT2D eigenvalue weighted by Gasteiger charge is 2.33. The van der Waals surface area contributed by atoms with Crippen molar-refractivity contribution in [2.24, 2.45) is 0 Å². The van der Waals surface area contributed by atoms with Gasteiger partial charge in [-0.25, -0.2) is 4.98 Å². The van der Waals surface area contributed by atoms with E-state index in [2.05, 4.69) is 11.1 Å². The first-order chi connectivity index (χ1) is 15.6. The van der Waals surface area contributed by atoms with Crippen LogP contribution in [0.25, 0.3) is 36.8 Å². The molecule has 32 heavy (non-hydrogen) atoms. The number of Topliss-reactive ketones (excluding diaryl/α,β-unsaturated/α-hetero) is 2. The van der Waals surface area contributed by atoms with Crippen LogP contribution >= 0.6 is 22.7 Å². The first kappa shape index (κ1) is 19.1. The SMILES string of the molecule is COc1ccc(-c2cc3sc(C=C4C(=O)c5cc6ccccc6cc5C4=O)nc3s2)cc1. The average molecular weight is 454 g/mol. The maximum Gasteiger partial charge on any atom is 0.197 e. The number of thiazole rings is 1. The van der Waals surface area contributed by atoms with Crippen LogP contribution in [0.4, 0.5) is 0 Å². The first-order valence-electron chi connectivity index (χ1n) is 9.99. The summed E-state index contributed by atoms with van der Waals surface area (Å²) in [4.78, 5) is 32.7. The number of ether oxygens (including phenoxy) is 1. The van der Waals surface area contributed by atoms with Crippen molar-refractivity contribution in [3.8, 4) is 16.2 Å². The molecule has 0 spiro atoms. The van der Waals surface area contributed by atoms with E-state index in [1.165, 1.54) is 11.3 Å².